The average molecular weight is 522 g/mol. The molecule has 1 aliphatic rings. The number of hydrogen-bond donors (Lipinski definition) is 2. The number of rotatable bonds is 9. The Kier molecular flexibility index (Phi) is 10.8. The van der Waals surface area contributed by atoms with Crippen molar-refractivity contribution in [2.24, 2.45) is 4.99 Å². The molecule has 6 nitrogen and oxygen atoms in total. The molecule has 8 heteroatoms. The van der Waals surface area contributed by atoms with E-state index in [1.54, 1.807) is 7.05 Å². The van der Waals surface area contributed by atoms with Gasteiger partial charge < -0.3 is 10.6 Å². The lowest BCUT2D eigenvalue weighted by molar-refractivity contribution is 0.421. The molecule has 0 unspecified atom stereocenters. The molecule has 0 saturated heterocycles. The van der Waals surface area contributed by atoms with E-state index in [4.69, 9.17) is 0 Å². The van der Waals surface area contributed by atoms with E-state index in [1.165, 1.54) is 41.8 Å². The molecule has 0 amide bonds. The third-order valence-electron chi connectivity index (χ3n) is 5.46. The summed E-state index contributed by atoms with van der Waals surface area (Å²) >= 11 is 0. The van der Waals surface area contributed by atoms with E-state index in [0.29, 0.717) is 19.6 Å². The summed E-state index contributed by atoms with van der Waals surface area (Å²) < 4.78 is 24.8. The number of hydrogen-bond acceptors (Lipinski definition) is 3. The van der Waals surface area contributed by atoms with Crippen LogP contribution in [0.15, 0.2) is 35.3 Å². The van der Waals surface area contributed by atoms with Gasteiger partial charge in [0.25, 0.3) is 0 Å². The highest BCUT2D eigenvalue weighted by Crippen LogP contribution is 2.40. The van der Waals surface area contributed by atoms with Crippen molar-refractivity contribution in [3.8, 4) is 0 Å². The smallest absolute Gasteiger partial charge is 0.211 e. The van der Waals surface area contributed by atoms with Crippen LogP contribution in [0.25, 0.3) is 0 Å². The van der Waals surface area contributed by atoms with E-state index in [9.17, 15) is 8.42 Å². The largest absolute Gasteiger partial charge is 0.356 e. The maximum Gasteiger partial charge on any atom is 0.211 e. The molecule has 0 atom stereocenters. The van der Waals surface area contributed by atoms with Crippen LogP contribution in [0, 0.1) is 0 Å². The summed E-state index contributed by atoms with van der Waals surface area (Å²) in [6.07, 6.45) is 6.92. The second-order valence-corrected chi connectivity index (χ2v) is 9.30. The van der Waals surface area contributed by atoms with Gasteiger partial charge in [0, 0.05) is 38.6 Å². The SMILES string of the molecule is CCN(CCCNC(=NC)NCC1(c2ccccc2)CCCC1)S(C)(=O)=O.I. The van der Waals surface area contributed by atoms with Gasteiger partial charge in [-0.15, -0.1) is 24.0 Å². The fourth-order valence-electron chi connectivity index (χ4n) is 3.91. The van der Waals surface area contributed by atoms with Gasteiger partial charge in [-0.2, -0.15) is 0 Å². The van der Waals surface area contributed by atoms with Gasteiger partial charge in [-0.3, -0.25) is 4.99 Å². The van der Waals surface area contributed by atoms with Gasteiger partial charge in [0.2, 0.25) is 10.0 Å². The van der Waals surface area contributed by atoms with Crippen molar-refractivity contribution in [1.82, 2.24) is 14.9 Å². The lowest BCUT2D eigenvalue weighted by Crippen LogP contribution is -2.45. The average Bonchev–Trinajstić information content (AvgIpc) is 3.14. The Bertz CT molecular complexity index is 704. The summed E-state index contributed by atoms with van der Waals surface area (Å²) in [5, 5.41) is 6.80. The summed E-state index contributed by atoms with van der Waals surface area (Å²) in [6.45, 7) is 4.43. The quantitative estimate of drug-likeness (QED) is 0.227. The van der Waals surface area contributed by atoms with Crippen molar-refractivity contribution in [1.29, 1.82) is 0 Å². The van der Waals surface area contributed by atoms with Crippen LogP contribution in [0.3, 0.4) is 0 Å². The first kappa shape index (κ1) is 25.2. The van der Waals surface area contributed by atoms with Crippen molar-refractivity contribution in [3.05, 3.63) is 35.9 Å². The van der Waals surface area contributed by atoms with Gasteiger partial charge in [0.15, 0.2) is 5.96 Å². The standard InChI is InChI=1S/C20H34N4O2S.HI/c1-4-24(27(3,25)26)16-10-15-22-19(21-2)23-17-20(13-8-9-14-20)18-11-6-5-7-12-18;/h5-7,11-12H,4,8-10,13-17H2,1-3H3,(H2,21,22,23);1H. The fraction of sp³-hybridized carbons (Fsp3) is 0.650. The number of guanidine groups is 1. The molecule has 1 aromatic rings. The Labute approximate surface area is 187 Å². The highest BCUT2D eigenvalue weighted by atomic mass is 127. The molecule has 0 bridgehead atoms. The topological polar surface area (TPSA) is 73.8 Å². The molecule has 160 valence electrons. The Morgan fingerprint density at radius 1 is 1.18 bits per heavy atom. The van der Waals surface area contributed by atoms with Crippen LogP contribution in [0.2, 0.25) is 0 Å². The van der Waals surface area contributed by atoms with Crippen molar-refractivity contribution in [3.63, 3.8) is 0 Å². The zero-order chi connectivity index (χ0) is 19.8. The van der Waals surface area contributed by atoms with Gasteiger partial charge in [0.1, 0.15) is 0 Å². The molecule has 0 spiro atoms. The van der Waals surface area contributed by atoms with Crippen molar-refractivity contribution in [2.45, 2.75) is 44.4 Å². The van der Waals surface area contributed by atoms with E-state index < -0.39 is 10.0 Å². The first-order valence-corrected chi connectivity index (χ1v) is 11.7. The van der Waals surface area contributed by atoms with Gasteiger partial charge in [0.05, 0.1) is 6.26 Å². The molecule has 0 aromatic heterocycles. The molecule has 28 heavy (non-hydrogen) atoms. The Morgan fingerprint density at radius 2 is 1.82 bits per heavy atom. The maximum absolute atomic E-state index is 11.6. The highest BCUT2D eigenvalue weighted by Gasteiger charge is 2.35. The third kappa shape index (κ3) is 7.18. The molecule has 0 heterocycles. The molecule has 1 aliphatic carbocycles. The Morgan fingerprint density at radius 3 is 2.36 bits per heavy atom. The van der Waals surface area contributed by atoms with Gasteiger partial charge >= 0.3 is 0 Å². The number of sulfonamides is 1. The minimum absolute atomic E-state index is 0. The Balaban J connectivity index is 0.00000392. The molecule has 1 fully saturated rings. The summed E-state index contributed by atoms with van der Waals surface area (Å²) in [6, 6.07) is 10.8. The van der Waals surface area contributed by atoms with Crippen LogP contribution in [0.4, 0.5) is 0 Å². The molecular formula is C20H35IN4O2S. The summed E-state index contributed by atoms with van der Waals surface area (Å²) in [4.78, 5) is 4.32. The van der Waals surface area contributed by atoms with E-state index in [2.05, 4.69) is 46.0 Å². The van der Waals surface area contributed by atoms with Crippen LogP contribution < -0.4 is 10.6 Å². The summed E-state index contributed by atoms with van der Waals surface area (Å²) in [5.41, 5.74) is 1.57. The molecule has 2 N–H and O–H groups in total. The molecule has 1 aromatic carbocycles. The molecule has 1 saturated carbocycles. The van der Waals surface area contributed by atoms with Crippen LogP contribution in [-0.2, 0) is 15.4 Å². The van der Waals surface area contributed by atoms with Crippen molar-refractivity contribution < 1.29 is 8.42 Å². The fourth-order valence-corrected chi connectivity index (χ4v) is 4.83. The van der Waals surface area contributed by atoms with Gasteiger partial charge in [-0.25, -0.2) is 12.7 Å². The Hall–Kier alpha value is -0.870. The van der Waals surface area contributed by atoms with Crippen LogP contribution in [0.1, 0.15) is 44.6 Å². The number of benzene rings is 1. The minimum atomic E-state index is -3.12. The monoisotopic (exact) mass is 522 g/mol. The number of nitrogens with zero attached hydrogens (tertiary/aromatic N) is 2. The summed E-state index contributed by atoms with van der Waals surface area (Å²) in [7, 11) is -1.35. The minimum Gasteiger partial charge on any atom is -0.356 e. The number of aliphatic imine (C=N–C) groups is 1. The molecule has 2 rings (SSSR count). The zero-order valence-electron chi connectivity index (χ0n) is 17.3. The lowest BCUT2D eigenvalue weighted by Gasteiger charge is -2.31. The molecular weight excluding hydrogens is 487 g/mol. The van der Waals surface area contributed by atoms with Crippen LogP contribution in [-0.4, -0.2) is 58.2 Å². The number of nitrogens with one attached hydrogen (secondary N) is 2. The second kappa shape index (κ2) is 12.0. The summed E-state index contributed by atoms with van der Waals surface area (Å²) in [5.74, 6) is 0.777. The van der Waals surface area contributed by atoms with Gasteiger partial charge in [-0.05, 0) is 24.8 Å². The van der Waals surface area contributed by atoms with E-state index in [0.717, 1.165) is 18.9 Å². The predicted octanol–water partition coefficient (Wildman–Crippen LogP) is 2.95. The van der Waals surface area contributed by atoms with E-state index >= 15 is 0 Å². The second-order valence-electron chi connectivity index (χ2n) is 7.31. The first-order chi connectivity index (χ1) is 12.9. The predicted molar refractivity (Wildman–Crippen MR) is 128 cm³/mol. The zero-order valence-corrected chi connectivity index (χ0v) is 20.4. The third-order valence-corrected chi connectivity index (χ3v) is 6.84. The molecule has 0 aliphatic heterocycles. The van der Waals surface area contributed by atoms with Crippen LogP contribution >= 0.6 is 24.0 Å². The first-order valence-electron chi connectivity index (χ1n) is 9.86. The normalized spacial score (nSPS) is 16.6. The van der Waals surface area contributed by atoms with Crippen molar-refractivity contribution in [2.75, 3.05) is 39.5 Å². The van der Waals surface area contributed by atoms with E-state index in [1.807, 2.05) is 6.92 Å². The highest BCUT2D eigenvalue weighted by molar-refractivity contribution is 14.0. The lowest BCUT2D eigenvalue weighted by atomic mass is 9.79. The maximum atomic E-state index is 11.6. The number of halogens is 1. The van der Waals surface area contributed by atoms with Gasteiger partial charge in [-0.1, -0.05) is 50.1 Å². The van der Waals surface area contributed by atoms with Crippen molar-refractivity contribution >= 4 is 40.0 Å². The molecule has 0 radical (unpaired) electrons. The van der Waals surface area contributed by atoms with Crippen LogP contribution in [0.5, 0.6) is 0 Å². The van der Waals surface area contributed by atoms with E-state index in [-0.39, 0.29) is 29.4 Å².